The molecule has 0 heteroatoms. The van der Waals surface area contributed by atoms with Crippen molar-refractivity contribution in [3.05, 3.63) is 34.4 Å². The van der Waals surface area contributed by atoms with Gasteiger partial charge in [0.2, 0.25) is 0 Å². The molecule has 0 nitrogen and oxygen atoms in total. The molecule has 0 aliphatic heterocycles. The number of rotatable bonds is 2. The minimum Gasteiger partial charge on any atom is -0.0587 e. The molecule has 1 aromatic carbocycles. The van der Waals surface area contributed by atoms with Crippen LogP contribution in [0.5, 0.6) is 0 Å². The van der Waals surface area contributed by atoms with Gasteiger partial charge >= 0.3 is 0 Å². The SMILES string of the molecule is CC(C)c1cc2c(c(C(C)C)c1)CCCC2. The molecule has 0 saturated heterocycles. The highest BCUT2D eigenvalue weighted by atomic mass is 14.2. The number of benzene rings is 1. The van der Waals surface area contributed by atoms with E-state index < -0.39 is 0 Å². The normalized spacial score (nSPS) is 15.6. The monoisotopic (exact) mass is 216 g/mol. The van der Waals surface area contributed by atoms with Gasteiger partial charge in [0.1, 0.15) is 0 Å². The predicted octanol–water partition coefficient (Wildman–Crippen LogP) is 4.81. The molecule has 0 heterocycles. The minimum absolute atomic E-state index is 0.657. The van der Waals surface area contributed by atoms with Crippen molar-refractivity contribution in [3.8, 4) is 0 Å². The Morgan fingerprint density at radius 1 is 0.875 bits per heavy atom. The van der Waals surface area contributed by atoms with Gasteiger partial charge in [-0.1, -0.05) is 39.8 Å². The van der Waals surface area contributed by atoms with Gasteiger partial charge in [-0.15, -0.1) is 0 Å². The maximum absolute atomic E-state index is 2.46. The average molecular weight is 216 g/mol. The van der Waals surface area contributed by atoms with Crippen molar-refractivity contribution < 1.29 is 0 Å². The van der Waals surface area contributed by atoms with E-state index >= 15 is 0 Å². The molecule has 0 atom stereocenters. The molecule has 0 fully saturated rings. The first-order valence-electron chi connectivity index (χ1n) is 6.75. The van der Waals surface area contributed by atoms with Gasteiger partial charge in [-0.3, -0.25) is 0 Å². The van der Waals surface area contributed by atoms with Crippen LogP contribution in [-0.4, -0.2) is 0 Å². The highest BCUT2D eigenvalue weighted by Crippen LogP contribution is 2.32. The fourth-order valence-corrected chi connectivity index (χ4v) is 2.78. The number of hydrogen-bond acceptors (Lipinski definition) is 0. The van der Waals surface area contributed by atoms with E-state index in [1.54, 1.807) is 16.7 Å². The van der Waals surface area contributed by atoms with E-state index in [9.17, 15) is 0 Å². The van der Waals surface area contributed by atoms with Crippen LogP contribution in [0.1, 0.15) is 74.6 Å². The van der Waals surface area contributed by atoms with Gasteiger partial charge < -0.3 is 0 Å². The van der Waals surface area contributed by atoms with Crippen LogP contribution < -0.4 is 0 Å². The first-order chi connectivity index (χ1) is 7.59. The summed E-state index contributed by atoms with van der Waals surface area (Å²) in [5, 5.41) is 0. The second-order valence-electron chi connectivity index (χ2n) is 5.76. The molecular weight excluding hydrogens is 192 g/mol. The van der Waals surface area contributed by atoms with Crippen LogP contribution >= 0.6 is 0 Å². The largest absolute Gasteiger partial charge is 0.0587 e. The fraction of sp³-hybridized carbons (Fsp3) is 0.625. The standard InChI is InChI=1S/C16H24/c1-11(2)14-9-13-7-5-6-8-15(13)16(10-14)12(3)4/h9-12H,5-8H2,1-4H3. The summed E-state index contributed by atoms with van der Waals surface area (Å²) in [5.41, 5.74) is 6.46. The maximum Gasteiger partial charge on any atom is -0.0216 e. The van der Waals surface area contributed by atoms with Gasteiger partial charge in [0.25, 0.3) is 0 Å². The smallest absolute Gasteiger partial charge is 0.0216 e. The lowest BCUT2D eigenvalue weighted by Crippen LogP contribution is -2.09. The fourth-order valence-electron chi connectivity index (χ4n) is 2.78. The zero-order valence-electron chi connectivity index (χ0n) is 11.1. The summed E-state index contributed by atoms with van der Waals surface area (Å²) in [6.45, 7) is 9.26. The number of hydrogen-bond donors (Lipinski definition) is 0. The summed E-state index contributed by atoms with van der Waals surface area (Å²) in [4.78, 5) is 0. The molecule has 0 radical (unpaired) electrons. The summed E-state index contributed by atoms with van der Waals surface area (Å²) < 4.78 is 0. The van der Waals surface area contributed by atoms with Gasteiger partial charge in [-0.2, -0.15) is 0 Å². The van der Waals surface area contributed by atoms with Crippen LogP contribution in [0, 0.1) is 0 Å². The third-order valence-corrected chi connectivity index (χ3v) is 3.81. The molecule has 0 saturated carbocycles. The summed E-state index contributed by atoms with van der Waals surface area (Å²) in [5.74, 6) is 1.33. The molecule has 0 aromatic heterocycles. The predicted molar refractivity (Wildman–Crippen MR) is 71.3 cm³/mol. The van der Waals surface area contributed by atoms with Crippen molar-refractivity contribution in [2.45, 2.75) is 65.2 Å². The van der Waals surface area contributed by atoms with E-state index in [0.29, 0.717) is 11.8 Å². The lowest BCUT2D eigenvalue weighted by Gasteiger charge is -2.24. The van der Waals surface area contributed by atoms with E-state index in [4.69, 9.17) is 0 Å². The van der Waals surface area contributed by atoms with Crippen molar-refractivity contribution in [2.75, 3.05) is 0 Å². The Kier molecular flexibility index (Phi) is 3.37. The Morgan fingerprint density at radius 2 is 1.56 bits per heavy atom. The number of aryl methyl sites for hydroxylation is 1. The van der Waals surface area contributed by atoms with Crippen LogP contribution in [0.4, 0.5) is 0 Å². The van der Waals surface area contributed by atoms with Crippen molar-refractivity contribution in [3.63, 3.8) is 0 Å². The molecule has 0 amide bonds. The van der Waals surface area contributed by atoms with E-state index in [-0.39, 0.29) is 0 Å². The Balaban J connectivity index is 2.52. The van der Waals surface area contributed by atoms with Crippen molar-refractivity contribution in [1.29, 1.82) is 0 Å². The summed E-state index contributed by atoms with van der Waals surface area (Å²) in [6.07, 6.45) is 5.37. The van der Waals surface area contributed by atoms with E-state index in [2.05, 4.69) is 39.8 Å². The third-order valence-electron chi connectivity index (χ3n) is 3.81. The zero-order valence-corrected chi connectivity index (χ0v) is 11.1. The topological polar surface area (TPSA) is 0 Å². The molecular formula is C16H24. The molecule has 0 N–H and O–H groups in total. The van der Waals surface area contributed by atoms with Crippen molar-refractivity contribution in [2.24, 2.45) is 0 Å². The Labute approximate surface area is 100 Å². The lowest BCUT2D eigenvalue weighted by molar-refractivity contribution is 0.666. The van der Waals surface area contributed by atoms with Crippen LogP contribution in [-0.2, 0) is 12.8 Å². The average Bonchev–Trinajstić information content (AvgIpc) is 2.27. The maximum atomic E-state index is 2.46. The summed E-state index contributed by atoms with van der Waals surface area (Å²) in [6, 6.07) is 4.92. The quantitative estimate of drug-likeness (QED) is 0.665. The Morgan fingerprint density at radius 3 is 2.19 bits per heavy atom. The highest BCUT2D eigenvalue weighted by molar-refractivity contribution is 5.43. The highest BCUT2D eigenvalue weighted by Gasteiger charge is 2.17. The molecule has 2 rings (SSSR count). The molecule has 16 heavy (non-hydrogen) atoms. The van der Waals surface area contributed by atoms with Crippen molar-refractivity contribution in [1.82, 2.24) is 0 Å². The van der Waals surface area contributed by atoms with Gasteiger partial charge in [-0.25, -0.2) is 0 Å². The van der Waals surface area contributed by atoms with E-state index in [1.807, 2.05) is 0 Å². The van der Waals surface area contributed by atoms with Gasteiger partial charge in [0.15, 0.2) is 0 Å². The molecule has 1 aliphatic carbocycles. The molecule has 88 valence electrons. The first kappa shape index (κ1) is 11.7. The molecule has 1 aliphatic rings. The van der Waals surface area contributed by atoms with Crippen molar-refractivity contribution >= 4 is 0 Å². The molecule has 0 unspecified atom stereocenters. The second-order valence-corrected chi connectivity index (χ2v) is 5.76. The zero-order chi connectivity index (χ0) is 11.7. The molecule has 0 spiro atoms. The number of fused-ring (bicyclic) bond motifs is 1. The van der Waals surface area contributed by atoms with Crippen LogP contribution in [0.15, 0.2) is 12.1 Å². The van der Waals surface area contributed by atoms with Crippen LogP contribution in [0.25, 0.3) is 0 Å². The van der Waals surface area contributed by atoms with Crippen LogP contribution in [0.2, 0.25) is 0 Å². The minimum atomic E-state index is 0.657. The van der Waals surface area contributed by atoms with Gasteiger partial charge in [0.05, 0.1) is 0 Å². The van der Waals surface area contributed by atoms with Gasteiger partial charge in [0, 0.05) is 0 Å². The first-order valence-corrected chi connectivity index (χ1v) is 6.75. The molecule has 0 bridgehead atoms. The Hall–Kier alpha value is -0.780. The summed E-state index contributed by atoms with van der Waals surface area (Å²) >= 11 is 0. The van der Waals surface area contributed by atoms with Crippen LogP contribution in [0.3, 0.4) is 0 Å². The second kappa shape index (κ2) is 4.61. The summed E-state index contributed by atoms with van der Waals surface area (Å²) in [7, 11) is 0. The molecule has 1 aromatic rings. The lowest BCUT2D eigenvalue weighted by atomic mass is 9.82. The van der Waals surface area contributed by atoms with Gasteiger partial charge in [-0.05, 0) is 59.8 Å². The third kappa shape index (κ3) is 2.16. The van der Waals surface area contributed by atoms with E-state index in [1.165, 1.54) is 31.2 Å². The van der Waals surface area contributed by atoms with E-state index in [0.717, 1.165) is 0 Å². The Bertz CT molecular complexity index is 372.